The van der Waals surface area contributed by atoms with Crippen LogP contribution in [0.2, 0.25) is 0 Å². The molecule has 1 aromatic heterocycles. The number of fused-ring (bicyclic) bond motifs is 13. The van der Waals surface area contributed by atoms with Crippen molar-refractivity contribution < 1.29 is 0 Å². The molecule has 0 aliphatic heterocycles. The van der Waals surface area contributed by atoms with Crippen LogP contribution in [0.5, 0.6) is 0 Å². The Labute approximate surface area is 554 Å². The maximum absolute atomic E-state index is 2.47. The first kappa shape index (κ1) is 56.0. The van der Waals surface area contributed by atoms with E-state index in [2.05, 4.69) is 376 Å². The van der Waals surface area contributed by atoms with E-state index in [-0.39, 0.29) is 10.8 Å². The Kier molecular flexibility index (Phi) is 12.9. The van der Waals surface area contributed by atoms with E-state index in [4.69, 9.17) is 0 Å². The molecule has 2 aliphatic rings. The van der Waals surface area contributed by atoms with Gasteiger partial charge in [-0.2, -0.15) is 0 Å². The van der Waals surface area contributed by atoms with Crippen LogP contribution >= 0.6 is 0 Å². The van der Waals surface area contributed by atoms with Crippen molar-refractivity contribution in [2.75, 3.05) is 9.80 Å². The summed E-state index contributed by atoms with van der Waals surface area (Å²) in [5.74, 6) is 0. The molecule has 1 heterocycles. The summed E-state index contributed by atoms with van der Waals surface area (Å²) >= 11 is 0. The molecule has 450 valence electrons. The molecule has 0 amide bonds. The Hall–Kier alpha value is -11.8. The largest absolute Gasteiger partial charge is 0.309 e. The van der Waals surface area contributed by atoms with Crippen LogP contribution in [0.3, 0.4) is 0 Å². The van der Waals surface area contributed by atoms with Crippen LogP contribution in [0.25, 0.3) is 117 Å². The van der Waals surface area contributed by atoms with Crippen LogP contribution in [0.1, 0.15) is 72.2 Å². The quantitative estimate of drug-likeness (QED) is 0.120. The van der Waals surface area contributed by atoms with Crippen LogP contribution in [0.4, 0.5) is 34.1 Å². The van der Waals surface area contributed by atoms with Gasteiger partial charge in [-0.15, -0.1) is 0 Å². The van der Waals surface area contributed by atoms with Crippen LogP contribution in [0.15, 0.2) is 309 Å². The number of benzene rings is 15. The zero-order chi connectivity index (χ0) is 63.5. The minimum atomic E-state index is -0.242. The van der Waals surface area contributed by atoms with Crippen molar-refractivity contribution in [3.05, 3.63) is 354 Å². The number of aromatic nitrogens is 1. The van der Waals surface area contributed by atoms with Gasteiger partial charge in [0.2, 0.25) is 0 Å². The maximum Gasteiger partial charge on any atom is 0.0541 e. The van der Waals surface area contributed by atoms with Gasteiger partial charge in [0, 0.05) is 60.2 Å². The Morgan fingerprint density at radius 3 is 0.916 bits per heavy atom. The summed E-state index contributed by atoms with van der Waals surface area (Å²) in [6, 6.07) is 115. The summed E-state index contributed by atoms with van der Waals surface area (Å²) in [6.45, 7) is 9.57. The van der Waals surface area contributed by atoms with E-state index in [1.165, 1.54) is 121 Å². The van der Waals surface area contributed by atoms with E-state index < -0.39 is 0 Å². The average Bonchev–Trinajstić information content (AvgIpc) is 1.60. The van der Waals surface area contributed by atoms with Crippen molar-refractivity contribution in [1.29, 1.82) is 0 Å². The van der Waals surface area contributed by atoms with Gasteiger partial charge in [-0.05, 0) is 173 Å². The first-order valence-corrected chi connectivity index (χ1v) is 33.2. The molecule has 0 spiro atoms. The summed E-state index contributed by atoms with van der Waals surface area (Å²) < 4.78 is 2.41. The van der Waals surface area contributed by atoms with Crippen LogP contribution in [-0.4, -0.2) is 4.57 Å². The molecular weight excluding hydrogens is 1150 g/mol. The lowest BCUT2D eigenvalue weighted by atomic mass is 9.81. The molecule has 0 saturated heterocycles. The van der Waals surface area contributed by atoms with Crippen molar-refractivity contribution in [3.63, 3.8) is 0 Å². The van der Waals surface area contributed by atoms with E-state index >= 15 is 0 Å². The van der Waals surface area contributed by atoms with Gasteiger partial charge in [0.25, 0.3) is 0 Å². The predicted molar refractivity (Wildman–Crippen MR) is 406 cm³/mol. The number of nitrogens with zero attached hydrogens (tertiary/aromatic N) is 3. The molecule has 0 radical (unpaired) electrons. The third-order valence-electron chi connectivity index (χ3n) is 20.7. The Morgan fingerprint density at radius 2 is 0.547 bits per heavy atom. The number of para-hydroxylation sites is 1. The van der Waals surface area contributed by atoms with Gasteiger partial charge < -0.3 is 14.4 Å². The van der Waals surface area contributed by atoms with Gasteiger partial charge >= 0.3 is 0 Å². The standard InChI is InChI=1S/C92H67N3/c1-91(2)81-56-62(42-48-75(81)77-50-46-69(58-83(77)91)94(85-34-16-24-64-20-8-12-30-71(64)85)86-35-17-25-65-21-9-13-31-72(65)86)40-38-60-44-52-89-79(54-60)80-55-61(45-53-90(80)93(89)68-28-6-5-7-29-68)39-41-63-43-49-76-78-51-47-70(59-84(78)92(3,4)82(76)57-63)95(87-36-18-26-66-22-10-14-32-73(66)87)88-37-19-27-67-23-11-15-33-74(67)88/h5-59H,1-4H3. The van der Waals surface area contributed by atoms with Gasteiger partial charge in [-0.1, -0.05) is 276 Å². The lowest BCUT2D eigenvalue weighted by Crippen LogP contribution is -2.17. The normalized spacial score (nSPS) is 13.6. The first-order chi connectivity index (χ1) is 46.6. The summed E-state index contributed by atoms with van der Waals surface area (Å²) in [5, 5.41) is 12.2. The molecule has 0 N–H and O–H groups in total. The zero-order valence-electron chi connectivity index (χ0n) is 53.6. The molecule has 0 saturated carbocycles. The lowest BCUT2D eigenvalue weighted by molar-refractivity contribution is 0.660. The summed E-state index contributed by atoms with van der Waals surface area (Å²) in [6.07, 6.45) is 9.16. The molecule has 0 atom stereocenters. The smallest absolute Gasteiger partial charge is 0.0541 e. The molecule has 15 aromatic carbocycles. The maximum atomic E-state index is 2.47. The second kappa shape index (κ2) is 21.9. The highest BCUT2D eigenvalue weighted by Gasteiger charge is 2.38. The predicted octanol–water partition coefficient (Wildman–Crippen LogP) is 25.3. The highest BCUT2D eigenvalue weighted by molar-refractivity contribution is 6.12. The molecule has 18 rings (SSSR count). The van der Waals surface area contributed by atoms with E-state index in [0.29, 0.717) is 0 Å². The molecular formula is C92H67N3. The summed E-state index contributed by atoms with van der Waals surface area (Å²) in [5.41, 5.74) is 25.2. The number of hydrogen-bond donors (Lipinski definition) is 0. The average molecular weight is 1210 g/mol. The molecule has 2 aliphatic carbocycles. The number of rotatable bonds is 11. The highest BCUT2D eigenvalue weighted by Crippen LogP contribution is 2.54. The van der Waals surface area contributed by atoms with E-state index in [9.17, 15) is 0 Å². The molecule has 3 heteroatoms. The fourth-order valence-electron chi connectivity index (χ4n) is 15.9. The lowest BCUT2D eigenvalue weighted by Gasteiger charge is -2.30. The van der Waals surface area contributed by atoms with Crippen LogP contribution < -0.4 is 9.80 Å². The summed E-state index contributed by atoms with van der Waals surface area (Å²) in [7, 11) is 0. The number of anilines is 6. The van der Waals surface area contributed by atoms with Crippen LogP contribution in [-0.2, 0) is 10.8 Å². The zero-order valence-corrected chi connectivity index (χ0v) is 53.6. The molecule has 0 bridgehead atoms. The van der Waals surface area contributed by atoms with Crippen molar-refractivity contribution >= 4 is 123 Å². The van der Waals surface area contributed by atoms with Gasteiger partial charge in [0.1, 0.15) is 0 Å². The van der Waals surface area contributed by atoms with Crippen molar-refractivity contribution in [2.45, 2.75) is 38.5 Å². The fourth-order valence-corrected chi connectivity index (χ4v) is 15.9. The third kappa shape index (κ3) is 9.17. The SMILES string of the molecule is CC1(C)c2cc(C=Cc3ccc4c(c3)c3cc(C=Cc5ccc6c(c5)C(C)(C)c5cc(N(c7cccc8ccccc78)c7cccc8ccccc78)ccc5-6)ccc3n4-c3ccccc3)ccc2-c2ccc(N(c3cccc4ccccc34)c3cccc4ccccc34)cc21. The Balaban J connectivity index is 0.657. The fraction of sp³-hybridized carbons (Fsp3) is 0.0652. The van der Waals surface area contributed by atoms with Crippen molar-refractivity contribution in [2.24, 2.45) is 0 Å². The molecule has 95 heavy (non-hydrogen) atoms. The molecule has 0 unspecified atom stereocenters. The topological polar surface area (TPSA) is 11.4 Å². The van der Waals surface area contributed by atoms with Crippen LogP contribution in [0, 0.1) is 0 Å². The second-order valence-electron chi connectivity index (χ2n) is 26.9. The third-order valence-corrected chi connectivity index (χ3v) is 20.7. The van der Waals surface area contributed by atoms with Crippen molar-refractivity contribution in [3.8, 4) is 27.9 Å². The highest BCUT2D eigenvalue weighted by atomic mass is 15.2. The second-order valence-corrected chi connectivity index (χ2v) is 26.9. The Bertz CT molecular complexity index is 5360. The van der Waals surface area contributed by atoms with E-state index in [0.717, 1.165) is 50.9 Å². The molecule has 3 nitrogen and oxygen atoms in total. The van der Waals surface area contributed by atoms with Gasteiger partial charge in [-0.3, -0.25) is 0 Å². The summed E-state index contributed by atoms with van der Waals surface area (Å²) in [4.78, 5) is 4.95. The minimum absolute atomic E-state index is 0.242. The molecule has 0 fully saturated rings. The van der Waals surface area contributed by atoms with E-state index in [1.807, 2.05) is 0 Å². The Morgan fingerprint density at radius 1 is 0.253 bits per heavy atom. The first-order valence-electron chi connectivity index (χ1n) is 33.2. The number of hydrogen-bond acceptors (Lipinski definition) is 2. The monoisotopic (exact) mass is 1210 g/mol. The van der Waals surface area contributed by atoms with Crippen molar-refractivity contribution in [1.82, 2.24) is 4.57 Å². The minimum Gasteiger partial charge on any atom is -0.309 e. The van der Waals surface area contributed by atoms with E-state index in [1.54, 1.807) is 0 Å². The van der Waals surface area contributed by atoms with Gasteiger partial charge in [0.05, 0.1) is 33.8 Å². The van der Waals surface area contributed by atoms with Gasteiger partial charge in [0.15, 0.2) is 0 Å². The molecule has 16 aromatic rings. The van der Waals surface area contributed by atoms with Gasteiger partial charge in [-0.25, -0.2) is 0 Å².